The average molecular weight is 227 g/mol. The smallest absolute Gasteiger partial charge is 0.306 e. The summed E-state index contributed by atoms with van der Waals surface area (Å²) in [5, 5.41) is 3.30. The first-order valence-corrected chi connectivity index (χ1v) is 6.55. The molecule has 0 aliphatic carbocycles. The van der Waals surface area contributed by atoms with Crippen LogP contribution in [0.25, 0.3) is 0 Å². The quantitative estimate of drug-likeness (QED) is 0.559. The maximum atomic E-state index is 11.5. The van der Waals surface area contributed by atoms with E-state index in [1.54, 1.807) is 0 Å². The Kier molecular flexibility index (Phi) is 6.46. The van der Waals surface area contributed by atoms with Crippen LogP contribution in [-0.2, 0) is 9.53 Å². The maximum absolute atomic E-state index is 11.5. The predicted molar refractivity (Wildman–Crippen MR) is 65.2 cm³/mol. The summed E-state index contributed by atoms with van der Waals surface area (Å²) in [5.41, 5.74) is 0. The molecule has 0 aromatic carbocycles. The number of carbonyl (C=O) groups excluding carboxylic acids is 1. The second-order valence-electron chi connectivity index (χ2n) is 5.15. The molecule has 1 aliphatic heterocycles. The molecule has 94 valence electrons. The minimum atomic E-state index is -0.00402. The third-order valence-corrected chi connectivity index (χ3v) is 3.10. The van der Waals surface area contributed by atoms with Crippen LogP contribution in [0.15, 0.2) is 0 Å². The molecule has 0 aromatic rings. The Labute approximate surface area is 98.9 Å². The van der Waals surface area contributed by atoms with Gasteiger partial charge in [-0.15, -0.1) is 0 Å². The summed E-state index contributed by atoms with van der Waals surface area (Å²) in [7, 11) is 0. The number of hydrogen-bond acceptors (Lipinski definition) is 3. The Hall–Kier alpha value is -0.570. The van der Waals surface area contributed by atoms with E-state index in [4.69, 9.17) is 4.74 Å². The summed E-state index contributed by atoms with van der Waals surface area (Å²) in [4.78, 5) is 11.5. The number of rotatable bonds is 6. The highest BCUT2D eigenvalue weighted by Gasteiger charge is 2.17. The number of piperidine rings is 1. The molecule has 0 atom stereocenters. The van der Waals surface area contributed by atoms with Crippen molar-refractivity contribution in [2.24, 2.45) is 11.8 Å². The van der Waals surface area contributed by atoms with Crippen molar-refractivity contribution in [2.45, 2.75) is 46.0 Å². The Morgan fingerprint density at radius 2 is 2.06 bits per heavy atom. The van der Waals surface area contributed by atoms with Crippen molar-refractivity contribution in [3.63, 3.8) is 0 Å². The number of esters is 1. The minimum absolute atomic E-state index is 0.00402. The van der Waals surface area contributed by atoms with Gasteiger partial charge in [0.15, 0.2) is 0 Å². The zero-order valence-corrected chi connectivity index (χ0v) is 10.6. The first-order valence-electron chi connectivity index (χ1n) is 6.55. The van der Waals surface area contributed by atoms with Crippen molar-refractivity contribution < 1.29 is 9.53 Å². The summed E-state index contributed by atoms with van der Waals surface area (Å²) in [6.07, 6.45) is 4.97. The van der Waals surface area contributed by atoms with Gasteiger partial charge < -0.3 is 10.1 Å². The fourth-order valence-corrected chi connectivity index (χ4v) is 2.06. The molecule has 1 N–H and O–H groups in total. The van der Waals surface area contributed by atoms with E-state index < -0.39 is 0 Å². The van der Waals surface area contributed by atoms with Crippen molar-refractivity contribution in [1.82, 2.24) is 5.32 Å². The van der Waals surface area contributed by atoms with Crippen LogP contribution < -0.4 is 5.32 Å². The van der Waals surface area contributed by atoms with Gasteiger partial charge in [0.1, 0.15) is 0 Å². The van der Waals surface area contributed by atoms with Gasteiger partial charge in [-0.1, -0.05) is 13.8 Å². The zero-order valence-electron chi connectivity index (χ0n) is 10.6. The molecule has 3 nitrogen and oxygen atoms in total. The Balaban J connectivity index is 2.01. The molecule has 16 heavy (non-hydrogen) atoms. The Morgan fingerprint density at radius 3 is 2.69 bits per heavy atom. The number of nitrogens with one attached hydrogen (secondary N) is 1. The van der Waals surface area contributed by atoms with Crippen LogP contribution >= 0.6 is 0 Å². The van der Waals surface area contributed by atoms with Gasteiger partial charge >= 0.3 is 5.97 Å². The van der Waals surface area contributed by atoms with E-state index in [0.717, 1.165) is 38.8 Å². The zero-order chi connectivity index (χ0) is 11.8. The third kappa shape index (κ3) is 6.11. The summed E-state index contributed by atoms with van der Waals surface area (Å²) in [6.45, 7) is 7.08. The highest BCUT2D eigenvalue weighted by atomic mass is 16.5. The predicted octanol–water partition coefficient (Wildman–Crippen LogP) is 2.36. The third-order valence-electron chi connectivity index (χ3n) is 3.10. The second-order valence-corrected chi connectivity index (χ2v) is 5.15. The highest BCUT2D eigenvalue weighted by molar-refractivity contribution is 5.69. The van der Waals surface area contributed by atoms with E-state index in [0.29, 0.717) is 24.9 Å². The van der Waals surface area contributed by atoms with Crippen molar-refractivity contribution in [2.75, 3.05) is 19.7 Å². The molecule has 0 saturated carbocycles. The van der Waals surface area contributed by atoms with E-state index in [-0.39, 0.29) is 5.97 Å². The lowest BCUT2D eigenvalue weighted by atomic mass is 9.95. The first-order chi connectivity index (χ1) is 7.68. The summed E-state index contributed by atoms with van der Waals surface area (Å²) in [5.74, 6) is 1.23. The largest absolute Gasteiger partial charge is 0.466 e. The molecule has 1 rings (SSSR count). The summed E-state index contributed by atoms with van der Waals surface area (Å²) >= 11 is 0. The first kappa shape index (κ1) is 13.5. The fourth-order valence-electron chi connectivity index (χ4n) is 2.06. The molecule has 1 fully saturated rings. The lowest BCUT2D eigenvalue weighted by Crippen LogP contribution is -2.29. The van der Waals surface area contributed by atoms with Gasteiger partial charge in [-0.25, -0.2) is 0 Å². The van der Waals surface area contributed by atoms with Crippen molar-refractivity contribution in [3.05, 3.63) is 0 Å². The normalized spacial score (nSPS) is 17.7. The number of ether oxygens (including phenoxy) is 1. The van der Waals surface area contributed by atoms with E-state index in [2.05, 4.69) is 19.2 Å². The van der Waals surface area contributed by atoms with Gasteiger partial charge in [0, 0.05) is 6.42 Å². The van der Waals surface area contributed by atoms with Gasteiger partial charge in [0.25, 0.3) is 0 Å². The molecule has 0 unspecified atom stereocenters. The number of carbonyl (C=O) groups is 1. The van der Waals surface area contributed by atoms with Crippen LogP contribution in [0.5, 0.6) is 0 Å². The molecule has 1 saturated heterocycles. The fraction of sp³-hybridized carbons (Fsp3) is 0.923. The van der Waals surface area contributed by atoms with Gasteiger partial charge in [0.05, 0.1) is 6.61 Å². The summed E-state index contributed by atoms with van der Waals surface area (Å²) in [6, 6.07) is 0. The molecule has 0 amide bonds. The van der Waals surface area contributed by atoms with E-state index >= 15 is 0 Å². The molecule has 1 heterocycles. The van der Waals surface area contributed by atoms with Gasteiger partial charge in [0.2, 0.25) is 0 Å². The lowest BCUT2D eigenvalue weighted by Gasteiger charge is -2.21. The second kappa shape index (κ2) is 7.66. The van der Waals surface area contributed by atoms with E-state index in [9.17, 15) is 4.79 Å². The van der Waals surface area contributed by atoms with Crippen molar-refractivity contribution >= 4 is 5.97 Å². The standard InChI is InChI=1S/C13H25NO2/c1-11(2)4-3-9-16-13(15)10-12-5-7-14-8-6-12/h11-12,14H,3-10H2,1-2H3. The molecule has 1 aliphatic rings. The van der Waals surface area contributed by atoms with Crippen LogP contribution in [-0.4, -0.2) is 25.7 Å². The minimum Gasteiger partial charge on any atom is -0.466 e. The molecule has 0 radical (unpaired) electrons. The van der Waals surface area contributed by atoms with Crippen LogP contribution in [0, 0.1) is 11.8 Å². The van der Waals surface area contributed by atoms with Crippen molar-refractivity contribution in [3.8, 4) is 0 Å². The van der Waals surface area contributed by atoms with Crippen LogP contribution in [0.1, 0.15) is 46.0 Å². The summed E-state index contributed by atoms with van der Waals surface area (Å²) < 4.78 is 5.24. The van der Waals surface area contributed by atoms with E-state index in [1.807, 2.05) is 0 Å². The van der Waals surface area contributed by atoms with Gasteiger partial charge in [-0.3, -0.25) is 4.79 Å². The van der Waals surface area contributed by atoms with Gasteiger partial charge in [-0.2, -0.15) is 0 Å². The SMILES string of the molecule is CC(C)CCCOC(=O)CC1CCNCC1. The maximum Gasteiger partial charge on any atom is 0.306 e. The van der Waals surface area contributed by atoms with Crippen LogP contribution in [0.3, 0.4) is 0 Å². The lowest BCUT2D eigenvalue weighted by molar-refractivity contribution is -0.145. The molecule has 0 aromatic heterocycles. The molecular weight excluding hydrogens is 202 g/mol. The number of hydrogen-bond donors (Lipinski definition) is 1. The Bertz CT molecular complexity index is 198. The topological polar surface area (TPSA) is 38.3 Å². The molecule has 0 bridgehead atoms. The average Bonchev–Trinajstić information content (AvgIpc) is 2.25. The Morgan fingerprint density at radius 1 is 1.38 bits per heavy atom. The highest BCUT2D eigenvalue weighted by Crippen LogP contribution is 2.16. The van der Waals surface area contributed by atoms with Gasteiger partial charge in [-0.05, 0) is 50.6 Å². The van der Waals surface area contributed by atoms with Crippen molar-refractivity contribution in [1.29, 1.82) is 0 Å². The molecule has 3 heteroatoms. The van der Waals surface area contributed by atoms with Crippen LogP contribution in [0.2, 0.25) is 0 Å². The molecular formula is C13H25NO2. The molecule has 0 spiro atoms. The van der Waals surface area contributed by atoms with Crippen LogP contribution in [0.4, 0.5) is 0 Å². The monoisotopic (exact) mass is 227 g/mol. The van der Waals surface area contributed by atoms with E-state index in [1.165, 1.54) is 0 Å².